The first-order valence-corrected chi connectivity index (χ1v) is 1.71. The summed E-state index contributed by atoms with van der Waals surface area (Å²) in [6, 6.07) is 0. The van der Waals surface area contributed by atoms with E-state index in [1.807, 2.05) is 0 Å². The van der Waals surface area contributed by atoms with Gasteiger partial charge in [0.25, 0.3) is 0 Å². The van der Waals surface area contributed by atoms with Gasteiger partial charge in [0.15, 0.2) is 0 Å². The van der Waals surface area contributed by atoms with Gasteiger partial charge in [-0.1, -0.05) is 0 Å². The largest absolute Gasteiger partial charge is 0.376 e. The van der Waals surface area contributed by atoms with Gasteiger partial charge in [-0.3, -0.25) is 0 Å². The molecule has 1 N–H and O–H groups in total. The van der Waals surface area contributed by atoms with E-state index in [0.29, 0.717) is 0 Å². The molecule has 7 heavy (non-hydrogen) atoms. The van der Waals surface area contributed by atoms with E-state index in [-0.39, 0.29) is 51.3 Å². The predicted octanol–water partition coefficient (Wildman–Crippen LogP) is 0.239. The fourth-order valence-corrected chi connectivity index (χ4v) is 0.125. The zero-order valence-electron chi connectivity index (χ0n) is 4.35. The second kappa shape index (κ2) is 15.6. The summed E-state index contributed by atoms with van der Waals surface area (Å²) in [7, 11) is 0. The summed E-state index contributed by atoms with van der Waals surface area (Å²) in [5, 5.41) is 2.89. The first-order valence-electron chi connectivity index (χ1n) is 1.71. The van der Waals surface area contributed by atoms with Gasteiger partial charge in [0.2, 0.25) is 0 Å². The van der Waals surface area contributed by atoms with E-state index in [2.05, 4.69) is 19.2 Å². The minimum absolute atomic E-state index is 0. The van der Waals surface area contributed by atoms with E-state index in [4.69, 9.17) is 0 Å². The Labute approximate surface area is 82.8 Å². The van der Waals surface area contributed by atoms with Crippen LogP contribution < -0.4 is 5.32 Å². The van der Waals surface area contributed by atoms with E-state index < -0.39 is 0 Å². The summed E-state index contributed by atoms with van der Waals surface area (Å²) in [5.74, 6) is 0. The standard InChI is InChI=1S/C4H9N.V.Y/c1-3-5-4-2;;/h5H,1-4H2;;/q-2;;. The Morgan fingerprint density at radius 2 is 1.43 bits per heavy atom. The first-order chi connectivity index (χ1) is 2.41. The van der Waals surface area contributed by atoms with Crippen LogP contribution in [-0.2, 0) is 51.3 Å². The zero-order chi connectivity index (χ0) is 4.12. The maximum absolute atomic E-state index is 3.52. The van der Waals surface area contributed by atoms with Gasteiger partial charge in [-0.2, -0.15) is 0 Å². The Bertz CT molecular complexity index is 19.2. The predicted molar refractivity (Wildman–Crippen MR) is 23.6 cm³/mol. The van der Waals surface area contributed by atoms with E-state index in [9.17, 15) is 0 Å². The molecule has 40 valence electrons. The summed E-state index contributed by atoms with van der Waals surface area (Å²) in [6.45, 7) is 8.61. The topological polar surface area (TPSA) is 12.0 Å². The molecule has 0 amide bonds. The van der Waals surface area contributed by atoms with Crippen molar-refractivity contribution in [3.05, 3.63) is 13.8 Å². The SMILES string of the molecule is [CH2-]CNC[CH2-].[V].[Y]. The fourth-order valence-electron chi connectivity index (χ4n) is 0.125. The molecule has 0 fully saturated rings. The second-order valence-electron chi connectivity index (χ2n) is 0.750. The van der Waals surface area contributed by atoms with Gasteiger partial charge < -0.3 is 19.2 Å². The van der Waals surface area contributed by atoms with Gasteiger partial charge >= 0.3 is 0 Å². The van der Waals surface area contributed by atoms with Crippen molar-refractivity contribution in [2.24, 2.45) is 0 Å². The Balaban J connectivity index is -0.0000000800. The van der Waals surface area contributed by atoms with Crippen LogP contribution in [0.5, 0.6) is 0 Å². The molecule has 0 unspecified atom stereocenters. The zero-order valence-corrected chi connectivity index (χ0v) is 8.59. The molecule has 1 nitrogen and oxygen atoms in total. The van der Waals surface area contributed by atoms with Crippen LogP contribution in [0.4, 0.5) is 0 Å². The summed E-state index contributed by atoms with van der Waals surface area (Å²) in [5.41, 5.74) is 0. The molecule has 0 aliphatic carbocycles. The average molecular weight is 211 g/mol. The maximum Gasteiger partial charge on any atom is 0 e. The van der Waals surface area contributed by atoms with Crippen molar-refractivity contribution in [3.63, 3.8) is 0 Å². The first kappa shape index (κ1) is 15.9. The van der Waals surface area contributed by atoms with E-state index in [1.165, 1.54) is 0 Å². The van der Waals surface area contributed by atoms with Crippen molar-refractivity contribution in [1.29, 1.82) is 0 Å². The van der Waals surface area contributed by atoms with Crippen molar-refractivity contribution in [2.75, 3.05) is 13.1 Å². The smallest absolute Gasteiger partial charge is 0 e. The number of hydrogen-bond donors (Lipinski definition) is 1. The Kier molecular flexibility index (Phi) is 35.4. The third-order valence-electron chi connectivity index (χ3n) is 0.354. The Morgan fingerprint density at radius 1 is 1.14 bits per heavy atom. The molecule has 0 aromatic heterocycles. The molecule has 0 aromatic carbocycles. The van der Waals surface area contributed by atoms with Crippen molar-refractivity contribution >= 4 is 0 Å². The van der Waals surface area contributed by atoms with Gasteiger partial charge in [0.05, 0.1) is 0 Å². The van der Waals surface area contributed by atoms with E-state index in [0.717, 1.165) is 13.1 Å². The molecular formula is C4H9NVY-2. The molecule has 3 heteroatoms. The molecule has 0 rings (SSSR count). The van der Waals surface area contributed by atoms with Crippen LogP contribution in [0.15, 0.2) is 0 Å². The molecule has 0 atom stereocenters. The molecule has 0 aliphatic heterocycles. The molecule has 2 radical (unpaired) electrons. The van der Waals surface area contributed by atoms with Crippen LogP contribution in [0, 0.1) is 13.8 Å². The van der Waals surface area contributed by atoms with Crippen molar-refractivity contribution < 1.29 is 51.3 Å². The second-order valence-corrected chi connectivity index (χ2v) is 0.750. The Morgan fingerprint density at radius 3 is 1.43 bits per heavy atom. The van der Waals surface area contributed by atoms with Crippen molar-refractivity contribution in [2.45, 2.75) is 0 Å². The molecule has 0 saturated heterocycles. The minimum atomic E-state index is 0. The maximum atomic E-state index is 3.52. The Hall–Kier alpha value is 1.65. The molecule has 0 aromatic rings. The summed E-state index contributed by atoms with van der Waals surface area (Å²) in [4.78, 5) is 0. The summed E-state index contributed by atoms with van der Waals surface area (Å²) in [6.07, 6.45) is 0. The number of rotatable bonds is 2. The van der Waals surface area contributed by atoms with Crippen LogP contribution in [-0.4, -0.2) is 13.1 Å². The van der Waals surface area contributed by atoms with Gasteiger partial charge in [-0.25, -0.2) is 0 Å². The van der Waals surface area contributed by atoms with Crippen molar-refractivity contribution in [1.82, 2.24) is 5.32 Å². The molecule has 0 heterocycles. The third-order valence-corrected chi connectivity index (χ3v) is 0.354. The average Bonchev–Trinajstić information content (AvgIpc) is 1.41. The summed E-state index contributed by atoms with van der Waals surface area (Å²) < 4.78 is 0. The quantitative estimate of drug-likeness (QED) is 0.645. The normalized spacial score (nSPS) is 6.00. The van der Waals surface area contributed by atoms with Crippen LogP contribution in [0.2, 0.25) is 0 Å². The third kappa shape index (κ3) is 18.3. The fraction of sp³-hybridized carbons (Fsp3) is 0.500. The van der Waals surface area contributed by atoms with Crippen molar-refractivity contribution in [3.8, 4) is 0 Å². The minimum Gasteiger partial charge on any atom is -0.376 e. The molecular weight excluding hydrogens is 202 g/mol. The number of nitrogens with one attached hydrogen (secondary N) is 1. The van der Waals surface area contributed by atoms with Gasteiger partial charge in [0.1, 0.15) is 0 Å². The summed E-state index contributed by atoms with van der Waals surface area (Å²) >= 11 is 0. The molecule has 0 bridgehead atoms. The van der Waals surface area contributed by atoms with Crippen LogP contribution in [0.1, 0.15) is 0 Å². The molecule has 0 saturated carbocycles. The van der Waals surface area contributed by atoms with Gasteiger partial charge in [0, 0.05) is 51.3 Å². The van der Waals surface area contributed by atoms with Crippen LogP contribution in [0.25, 0.3) is 0 Å². The van der Waals surface area contributed by atoms with Crippen LogP contribution in [0.3, 0.4) is 0 Å². The van der Waals surface area contributed by atoms with Crippen LogP contribution >= 0.6 is 0 Å². The van der Waals surface area contributed by atoms with Gasteiger partial charge in [-0.15, -0.1) is 13.1 Å². The number of hydrogen-bond acceptors (Lipinski definition) is 1. The molecule has 0 spiro atoms. The van der Waals surface area contributed by atoms with E-state index in [1.54, 1.807) is 0 Å². The van der Waals surface area contributed by atoms with E-state index >= 15 is 0 Å². The van der Waals surface area contributed by atoms with Gasteiger partial charge in [-0.05, 0) is 0 Å². The molecule has 0 aliphatic rings. The monoisotopic (exact) mass is 211 g/mol.